The van der Waals surface area contributed by atoms with E-state index >= 15 is 0 Å². The van der Waals surface area contributed by atoms with Crippen LogP contribution >= 0.6 is 0 Å². The first kappa shape index (κ1) is 32.7. The second-order valence-electron chi connectivity index (χ2n) is 12.3. The van der Waals surface area contributed by atoms with Crippen molar-refractivity contribution in [1.29, 1.82) is 0 Å². The third-order valence-corrected chi connectivity index (χ3v) is 10.2. The lowest BCUT2D eigenvalue weighted by molar-refractivity contribution is -0.383. The van der Waals surface area contributed by atoms with E-state index in [9.17, 15) is 21.6 Å². The van der Waals surface area contributed by atoms with E-state index < -0.39 is 76.0 Å². The molecule has 42 heavy (non-hydrogen) atoms. The maximum Gasteiger partial charge on any atom is 0.523 e. The Hall–Kier alpha value is -0.660. The second-order valence-corrected chi connectivity index (χ2v) is 13.9. The summed E-state index contributed by atoms with van der Waals surface area (Å²) in [5, 5.41) is 0. The molecule has 12 nitrogen and oxygen atoms in total. The van der Waals surface area contributed by atoms with Crippen LogP contribution in [-0.4, -0.2) is 93.6 Å². The third kappa shape index (κ3) is 6.93. The van der Waals surface area contributed by atoms with E-state index in [0.29, 0.717) is 19.4 Å². The smallest absolute Gasteiger partial charge is 0.347 e. The molecule has 5 fully saturated rings. The van der Waals surface area contributed by atoms with Crippen LogP contribution in [0.4, 0.5) is 13.2 Å². The number of fused-ring (bicyclic) bond motifs is 1. The van der Waals surface area contributed by atoms with Crippen molar-refractivity contribution in [2.75, 3.05) is 13.2 Å². The van der Waals surface area contributed by atoms with Gasteiger partial charge in [0.05, 0.1) is 31.5 Å². The van der Waals surface area contributed by atoms with E-state index in [2.05, 4.69) is 0 Å². The lowest BCUT2D eigenvalue weighted by atomic mass is 9.90. The number of hydrogen-bond donors (Lipinski definition) is 3. The third-order valence-electron chi connectivity index (χ3n) is 9.16. The van der Waals surface area contributed by atoms with Gasteiger partial charge in [-0.3, -0.25) is 4.18 Å². The first-order valence-corrected chi connectivity index (χ1v) is 16.3. The Morgan fingerprint density at radius 2 is 1.50 bits per heavy atom. The summed E-state index contributed by atoms with van der Waals surface area (Å²) >= 11 is 0. The lowest BCUT2D eigenvalue weighted by Gasteiger charge is -2.52. The van der Waals surface area contributed by atoms with Crippen molar-refractivity contribution in [2.45, 2.75) is 150 Å². The number of ether oxygens (including phenoxy) is 6. The lowest BCUT2D eigenvalue weighted by Crippen LogP contribution is -2.69. The Bertz CT molecular complexity index is 1030. The van der Waals surface area contributed by atoms with Crippen LogP contribution < -0.4 is 17.2 Å². The second kappa shape index (κ2) is 12.6. The molecule has 0 bridgehead atoms. The van der Waals surface area contributed by atoms with E-state index in [0.717, 1.165) is 51.4 Å². The van der Waals surface area contributed by atoms with Crippen LogP contribution in [-0.2, 0) is 42.7 Å². The zero-order valence-corrected chi connectivity index (χ0v) is 24.7. The summed E-state index contributed by atoms with van der Waals surface area (Å²) in [4.78, 5) is 0. The molecule has 0 aromatic rings. The number of hydrogen-bond acceptors (Lipinski definition) is 12. The highest BCUT2D eigenvalue weighted by Gasteiger charge is 2.58. The van der Waals surface area contributed by atoms with Gasteiger partial charge in [0.2, 0.25) is 0 Å². The molecule has 3 heterocycles. The Labute approximate surface area is 244 Å². The largest absolute Gasteiger partial charge is 0.523 e. The van der Waals surface area contributed by atoms with Crippen molar-refractivity contribution >= 4 is 10.1 Å². The molecule has 3 saturated heterocycles. The van der Waals surface area contributed by atoms with Gasteiger partial charge in [0, 0.05) is 37.8 Å². The Morgan fingerprint density at radius 3 is 2.10 bits per heavy atom. The van der Waals surface area contributed by atoms with E-state index in [1.54, 1.807) is 6.92 Å². The fourth-order valence-electron chi connectivity index (χ4n) is 6.63. The van der Waals surface area contributed by atoms with E-state index in [1.165, 1.54) is 0 Å². The van der Waals surface area contributed by atoms with Crippen molar-refractivity contribution in [3.8, 4) is 0 Å². The van der Waals surface area contributed by atoms with Gasteiger partial charge in [0.15, 0.2) is 17.9 Å². The van der Waals surface area contributed by atoms with Crippen LogP contribution in [0.15, 0.2) is 0 Å². The molecule has 0 aromatic heterocycles. The molecular formula is C26H44F3N3O9S. The van der Waals surface area contributed by atoms with Gasteiger partial charge in [-0.05, 0) is 39.0 Å². The van der Waals surface area contributed by atoms with Crippen LogP contribution in [0.25, 0.3) is 0 Å². The van der Waals surface area contributed by atoms with Crippen LogP contribution in [0.2, 0.25) is 0 Å². The summed E-state index contributed by atoms with van der Waals surface area (Å²) < 4.78 is 105. The van der Waals surface area contributed by atoms with Crippen LogP contribution in [0.1, 0.15) is 77.6 Å². The quantitative estimate of drug-likeness (QED) is 0.262. The van der Waals surface area contributed by atoms with E-state index in [1.807, 2.05) is 0 Å². The molecular weight excluding hydrogens is 587 g/mol. The molecule has 5 rings (SSSR count). The normalized spacial score (nSPS) is 37.3. The molecule has 2 saturated carbocycles. The molecule has 5 aliphatic rings. The van der Waals surface area contributed by atoms with E-state index in [4.69, 9.17) is 49.8 Å². The summed E-state index contributed by atoms with van der Waals surface area (Å²) in [5.74, 6) is -1.65. The Morgan fingerprint density at radius 1 is 0.929 bits per heavy atom. The molecule has 2 aliphatic carbocycles. The Balaban J connectivity index is 1.24. The standard InChI is InChI=1S/C26H44F3N3O9S/c1-15(16(30)12-17(31)18-13-35-24(39-18)8-4-2-5-9-24)37-23-20(32)22(41-42(33,34)26(27,28)29)21-19(38-23)14-36-25(40-21)10-6-3-7-11-25/h15-23H,2-14,30-32H2,1H3/t15-,16?,17?,18-,19?,20?,21?,22?,23?/m0/s1. The summed E-state index contributed by atoms with van der Waals surface area (Å²) in [6.45, 7) is 1.95. The van der Waals surface area contributed by atoms with Gasteiger partial charge < -0.3 is 45.6 Å². The minimum Gasteiger partial charge on any atom is -0.347 e. The van der Waals surface area contributed by atoms with Crippen LogP contribution in [0, 0.1) is 0 Å². The monoisotopic (exact) mass is 631 g/mol. The molecule has 2 spiro atoms. The maximum absolute atomic E-state index is 13.3. The average Bonchev–Trinajstić information content (AvgIpc) is 3.34. The van der Waals surface area contributed by atoms with Gasteiger partial charge in [-0.2, -0.15) is 21.6 Å². The number of rotatable bonds is 8. The number of alkyl halides is 3. The summed E-state index contributed by atoms with van der Waals surface area (Å²) in [6, 6.07) is -2.55. The van der Waals surface area contributed by atoms with Crippen molar-refractivity contribution in [1.82, 2.24) is 0 Å². The molecule has 9 atom stereocenters. The summed E-state index contributed by atoms with van der Waals surface area (Å²) in [6.07, 6.45) is 2.29. The number of nitrogens with two attached hydrogens (primary N) is 3. The summed E-state index contributed by atoms with van der Waals surface area (Å²) in [7, 11) is -6.01. The van der Waals surface area contributed by atoms with Gasteiger partial charge in [-0.1, -0.05) is 12.8 Å². The highest BCUT2D eigenvalue weighted by molar-refractivity contribution is 7.87. The first-order chi connectivity index (χ1) is 19.7. The molecule has 244 valence electrons. The van der Waals surface area contributed by atoms with Crippen molar-refractivity contribution in [3.63, 3.8) is 0 Å². The average molecular weight is 632 g/mol. The molecule has 16 heteroatoms. The first-order valence-electron chi connectivity index (χ1n) is 14.9. The predicted molar refractivity (Wildman–Crippen MR) is 141 cm³/mol. The fraction of sp³-hybridized carbons (Fsp3) is 1.00. The molecule has 0 radical (unpaired) electrons. The van der Waals surface area contributed by atoms with Crippen LogP contribution in [0.5, 0.6) is 0 Å². The van der Waals surface area contributed by atoms with Gasteiger partial charge in [0.1, 0.15) is 18.3 Å². The van der Waals surface area contributed by atoms with Crippen molar-refractivity contribution < 1.29 is 54.2 Å². The summed E-state index contributed by atoms with van der Waals surface area (Å²) in [5.41, 5.74) is 13.5. The Kier molecular flexibility index (Phi) is 9.83. The zero-order chi connectivity index (χ0) is 30.3. The van der Waals surface area contributed by atoms with E-state index in [-0.39, 0.29) is 19.1 Å². The molecule has 7 unspecified atom stereocenters. The SMILES string of the molecule is C[C@H](OC1OC2COC3(CCCCC3)OC2C(OS(=O)(=O)C(F)(F)F)C1N)C(N)CC(N)[C@@H]1COC2(CCCCC2)O1. The van der Waals surface area contributed by atoms with Gasteiger partial charge in [-0.15, -0.1) is 0 Å². The number of halogens is 3. The van der Waals surface area contributed by atoms with Gasteiger partial charge >= 0.3 is 15.6 Å². The molecule has 6 N–H and O–H groups in total. The zero-order valence-electron chi connectivity index (χ0n) is 23.8. The highest BCUT2D eigenvalue weighted by atomic mass is 32.2. The minimum atomic E-state index is -6.01. The fourth-order valence-corrected chi connectivity index (χ4v) is 7.27. The molecule has 0 amide bonds. The minimum absolute atomic E-state index is 0.0603. The van der Waals surface area contributed by atoms with Crippen molar-refractivity contribution in [2.24, 2.45) is 17.2 Å². The van der Waals surface area contributed by atoms with Gasteiger partial charge in [0.25, 0.3) is 0 Å². The molecule has 3 aliphatic heterocycles. The predicted octanol–water partition coefficient (Wildman–Crippen LogP) is 1.87. The van der Waals surface area contributed by atoms with Crippen LogP contribution in [0.3, 0.4) is 0 Å². The van der Waals surface area contributed by atoms with Gasteiger partial charge in [-0.25, -0.2) is 0 Å². The van der Waals surface area contributed by atoms with Crippen molar-refractivity contribution in [3.05, 3.63) is 0 Å². The highest BCUT2D eigenvalue weighted by Crippen LogP contribution is 2.43. The maximum atomic E-state index is 13.3. The molecule has 0 aromatic carbocycles. The topological polar surface area (TPSA) is 177 Å².